The molecular formula is C14H25NO2. The smallest absolute Gasteiger partial charge is 0.407 e. The summed E-state index contributed by atoms with van der Waals surface area (Å²) in [6.45, 7) is 9.59. The van der Waals surface area contributed by atoms with Crippen molar-refractivity contribution >= 4 is 6.09 Å². The molecule has 1 fully saturated rings. The van der Waals surface area contributed by atoms with Crippen LogP contribution in [-0.4, -0.2) is 19.2 Å². The molecule has 0 aromatic carbocycles. The molecule has 98 valence electrons. The summed E-state index contributed by atoms with van der Waals surface area (Å²) in [6, 6.07) is 0. The van der Waals surface area contributed by atoms with Gasteiger partial charge in [0.05, 0.1) is 6.61 Å². The average molecular weight is 239 g/mol. The van der Waals surface area contributed by atoms with Crippen molar-refractivity contribution in [2.45, 2.75) is 47.0 Å². The van der Waals surface area contributed by atoms with E-state index in [9.17, 15) is 4.79 Å². The predicted molar refractivity (Wildman–Crippen MR) is 69.9 cm³/mol. The zero-order chi connectivity index (χ0) is 12.9. The summed E-state index contributed by atoms with van der Waals surface area (Å²) >= 11 is 0. The van der Waals surface area contributed by atoms with Crippen molar-refractivity contribution in [3.63, 3.8) is 0 Å². The van der Waals surface area contributed by atoms with Gasteiger partial charge < -0.3 is 10.1 Å². The van der Waals surface area contributed by atoms with E-state index in [2.05, 4.69) is 32.2 Å². The lowest BCUT2D eigenvalue weighted by molar-refractivity contribution is 0.151. The van der Waals surface area contributed by atoms with Crippen LogP contribution in [0.25, 0.3) is 0 Å². The minimum atomic E-state index is -0.286. The standard InChI is InChI=1S/C14H25NO2/c1-5-17-13(16)15-10-12-9-14(12,4)8-6-7-11(2)3/h7,12H,5-6,8-10H2,1-4H3,(H,15,16). The molecule has 0 aromatic heterocycles. The van der Waals surface area contributed by atoms with Crippen molar-refractivity contribution in [2.75, 3.05) is 13.2 Å². The van der Waals surface area contributed by atoms with E-state index in [1.807, 2.05) is 6.92 Å². The summed E-state index contributed by atoms with van der Waals surface area (Å²) in [5, 5.41) is 2.82. The van der Waals surface area contributed by atoms with Crippen LogP contribution in [0.4, 0.5) is 4.79 Å². The van der Waals surface area contributed by atoms with Crippen LogP contribution >= 0.6 is 0 Å². The Labute approximate surface area is 105 Å². The number of amides is 1. The molecule has 3 heteroatoms. The van der Waals surface area contributed by atoms with E-state index in [1.54, 1.807) is 0 Å². The van der Waals surface area contributed by atoms with Crippen LogP contribution in [0.2, 0.25) is 0 Å². The number of ether oxygens (including phenoxy) is 1. The molecule has 17 heavy (non-hydrogen) atoms. The highest BCUT2D eigenvalue weighted by atomic mass is 16.5. The van der Waals surface area contributed by atoms with Crippen LogP contribution in [-0.2, 0) is 4.74 Å². The molecule has 3 nitrogen and oxygen atoms in total. The third-order valence-electron chi connectivity index (χ3n) is 3.57. The van der Waals surface area contributed by atoms with E-state index < -0.39 is 0 Å². The first-order valence-corrected chi connectivity index (χ1v) is 6.52. The van der Waals surface area contributed by atoms with Gasteiger partial charge in [0.1, 0.15) is 0 Å². The summed E-state index contributed by atoms with van der Waals surface area (Å²) in [5.41, 5.74) is 1.81. The molecule has 1 N–H and O–H groups in total. The van der Waals surface area contributed by atoms with Gasteiger partial charge in [0.15, 0.2) is 0 Å². The number of rotatable bonds is 6. The van der Waals surface area contributed by atoms with E-state index in [0.29, 0.717) is 17.9 Å². The summed E-state index contributed by atoms with van der Waals surface area (Å²) in [5.74, 6) is 0.623. The lowest BCUT2D eigenvalue weighted by Crippen LogP contribution is -2.27. The number of carbonyl (C=O) groups excluding carboxylic acids is 1. The molecule has 2 unspecified atom stereocenters. The third kappa shape index (κ3) is 4.80. The molecule has 0 radical (unpaired) electrons. The van der Waals surface area contributed by atoms with Crippen molar-refractivity contribution in [3.05, 3.63) is 11.6 Å². The number of carbonyl (C=O) groups is 1. The summed E-state index contributed by atoms with van der Waals surface area (Å²) in [7, 11) is 0. The van der Waals surface area contributed by atoms with Gasteiger partial charge in [0.2, 0.25) is 0 Å². The number of nitrogens with one attached hydrogen (secondary N) is 1. The molecule has 0 spiro atoms. The monoisotopic (exact) mass is 239 g/mol. The maximum atomic E-state index is 11.1. The van der Waals surface area contributed by atoms with E-state index in [1.165, 1.54) is 18.4 Å². The maximum Gasteiger partial charge on any atom is 0.407 e. The Morgan fingerprint density at radius 3 is 2.82 bits per heavy atom. The molecule has 0 aliphatic heterocycles. The first-order valence-electron chi connectivity index (χ1n) is 6.52. The van der Waals surface area contributed by atoms with Crippen LogP contribution in [0, 0.1) is 11.3 Å². The summed E-state index contributed by atoms with van der Waals surface area (Å²) < 4.78 is 4.84. The van der Waals surface area contributed by atoms with Gasteiger partial charge in [-0.05, 0) is 51.4 Å². The van der Waals surface area contributed by atoms with E-state index >= 15 is 0 Å². The Morgan fingerprint density at radius 1 is 1.53 bits per heavy atom. The van der Waals surface area contributed by atoms with Crippen LogP contribution < -0.4 is 5.32 Å². The normalized spacial score (nSPS) is 26.2. The van der Waals surface area contributed by atoms with E-state index in [0.717, 1.165) is 13.0 Å². The Hall–Kier alpha value is -0.990. The zero-order valence-electron chi connectivity index (χ0n) is 11.5. The first kappa shape index (κ1) is 14.1. The molecule has 1 aliphatic carbocycles. The van der Waals surface area contributed by atoms with Crippen LogP contribution in [0.1, 0.15) is 47.0 Å². The molecule has 2 atom stereocenters. The Kier molecular flexibility index (Phi) is 5.03. The first-order chi connectivity index (χ1) is 7.98. The van der Waals surface area contributed by atoms with Gasteiger partial charge in [-0.1, -0.05) is 18.6 Å². The molecule has 1 saturated carbocycles. The number of allylic oxidation sites excluding steroid dienone is 2. The van der Waals surface area contributed by atoms with Crippen molar-refractivity contribution in [2.24, 2.45) is 11.3 Å². The molecule has 1 amide bonds. The minimum Gasteiger partial charge on any atom is -0.450 e. The predicted octanol–water partition coefficient (Wildman–Crippen LogP) is 3.51. The number of hydrogen-bond acceptors (Lipinski definition) is 2. The summed E-state index contributed by atoms with van der Waals surface area (Å²) in [4.78, 5) is 11.1. The molecule has 0 heterocycles. The average Bonchev–Trinajstić information content (AvgIpc) is 2.87. The second-order valence-electron chi connectivity index (χ2n) is 5.48. The van der Waals surface area contributed by atoms with Crippen LogP contribution in [0.5, 0.6) is 0 Å². The highest BCUT2D eigenvalue weighted by Gasteiger charge is 2.48. The Balaban J connectivity index is 2.18. The van der Waals surface area contributed by atoms with Gasteiger partial charge in [0, 0.05) is 6.54 Å². The fourth-order valence-corrected chi connectivity index (χ4v) is 2.21. The second-order valence-corrected chi connectivity index (χ2v) is 5.48. The van der Waals surface area contributed by atoms with E-state index in [4.69, 9.17) is 4.74 Å². The Morgan fingerprint density at radius 2 is 2.24 bits per heavy atom. The summed E-state index contributed by atoms with van der Waals surface area (Å²) in [6.07, 6.45) is 5.59. The Bertz CT molecular complexity index is 295. The van der Waals surface area contributed by atoms with Gasteiger partial charge in [-0.2, -0.15) is 0 Å². The molecule has 0 aromatic rings. The van der Waals surface area contributed by atoms with Gasteiger partial charge in [0.25, 0.3) is 0 Å². The lowest BCUT2D eigenvalue weighted by Gasteiger charge is -2.10. The van der Waals surface area contributed by atoms with Crippen molar-refractivity contribution in [1.82, 2.24) is 5.32 Å². The van der Waals surface area contributed by atoms with Gasteiger partial charge in [-0.15, -0.1) is 0 Å². The van der Waals surface area contributed by atoms with Crippen molar-refractivity contribution in [1.29, 1.82) is 0 Å². The maximum absolute atomic E-state index is 11.1. The van der Waals surface area contributed by atoms with Gasteiger partial charge >= 0.3 is 6.09 Å². The van der Waals surface area contributed by atoms with Crippen LogP contribution in [0.3, 0.4) is 0 Å². The van der Waals surface area contributed by atoms with Crippen LogP contribution in [0.15, 0.2) is 11.6 Å². The van der Waals surface area contributed by atoms with Gasteiger partial charge in [-0.3, -0.25) is 0 Å². The largest absolute Gasteiger partial charge is 0.450 e. The fraction of sp³-hybridized carbons (Fsp3) is 0.786. The quantitative estimate of drug-likeness (QED) is 0.720. The SMILES string of the molecule is CCOC(=O)NCC1CC1(C)CCC=C(C)C. The molecular weight excluding hydrogens is 214 g/mol. The molecule has 0 bridgehead atoms. The topological polar surface area (TPSA) is 38.3 Å². The highest BCUT2D eigenvalue weighted by molar-refractivity contribution is 5.67. The van der Waals surface area contributed by atoms with Gasteiger partial charge in [-0.25, -0.2) is 4.79 Å². The fourth-order valence-electron chi connectivity index (χ4n) is 2.21. The van der Waals surface area contributed by atoms with E-state index in [-0.39, 0.29) is 6.09 Å². The number of alkyl carbamates (subject to hydrolysis) is 1. The molecule has 1 rings (SSSR count). The van der Waals surface area contributed by atoms with Crippen molar-refractivity contribution < 1.29 is 9.53 Å². The van der Waals surface area contributed by atoms with Crippen molar-refractivity contribution in [3.8, 4) is 0 Å². The number of hydrogen-bond donors (Lipinski definition) is 1. The lowest BCUT2D eigenvalue weighted by atomic mass is 9.99. The third-order valence-corrected chi connectivity index (χ3v) is 3.57. The highest BCUT2D eigenvalue weighted by Crippen LogP contribution is 2.55. The zero-order valence-corrected chi connectivity index (χ0v) is 11.5. The minimum absolute atomic E-state index is 0.286. The molecule has 0 saturated heterocycles. The molecule has 1 aliphatic rings. The second kappa shape index (κ2) is 6.08.